The minimum atomic E-state index is 0.474. The van der Waals surface area contributed by atoms with Gasteiger partial charge in [-0.05, 0) is 25.4 Å². The summed E-state index contributed by atoms with van der Waals surface area (Å²) < 4.78 is 10.3. The highest BCUT2D eigenvalue weighted by atomic mass is 16.5. The standard InChI is InChI=1S/C12H15N5O2/c1-18-10-5-9(14-7-15-10)12-16-11(19-17-12)4-8-2-3-13-6-8/h5,7-8,13H,2-4,6H2,1H3. The first kappa shape index (κ1) is 12.0. The van der Waals surface area contributed by atoms with Crippen molar-refractivity contribution >= 4 is 0 Å². The second kappa shape index (κ2) is 5.31. The molecule has 2 aromatic heterocycles. The lowest BCUT2D eigenvalue weighted by Gasteiger charge is -2.01. The molecule has 3 rings (SSSR count). The maximum absolute atomic E-state index is 5.26. The van der Waals surface area contributed by atoms with Crippen LogP contribution in [0.3, 0.4) is 0 Å². The Morgan fingerprint density at radius 2 is 2.42 bits per heavy atom. The molecule has 1 atom stereocenters. The van der Waals surface area contributed by atoms with Crippen LogP contribution in [0.5, 0.6) is 5.88 Å². The third-order valence-electron chi connectivity index (χ3n) is 3.17. The van der Waals surface area contributed by atoms with Crippen LogP contribution in [0.1, 0.15) is 12.3 Å². The van der Waals surface area contributed by atoms with Crippen LogP contribution >= 0.6 is 0 Å². The number of methoxy groups -OCH3 is 1. The van der Waals surface area contributed by atoms with Crippen molar-refractivity contribution in [2.75, 3.05) is 20.2 Å². The minimum absolute atomic E-state index is 0.474. The van der Waals surface area contributed by atoms with Crippen LogP contribution in [0.15, 0.2) is 16.9 Å². The van der Waals surface area contributed by atoms with Crippen molar-refractivity contribution in [1.82, 2.24) is 25.4 Å². The van der Waals surface area contributed by atoms with Gasteiger partial charge in [-0.2, -0.15) is 4.98 Å². The molecule has 0 amide bonds. The van der Waals surface area contributed by atoms with Gasteiger partial charge in [-0.3, -0.25) is 0 Å². The van der Waals surface area contributed by atoms with E-state index in [0.717, 1.165) is 25.9 Å². The molecule has 1 aliphatic rings. The van der Waals surface area contributed by atoms with Gasteiger partial charge in [0.15, 0.2) is 0 Å². The molecule has 0 bridgehead atoms. The summed E-state index contributed by atoms with van der Waals surface area (Å²) in [6.45, 7) is 2.08. The van der Waals surface area contributed by atoms with Crippen molar-refractivity contribution in [2.24, 2.45) is 5.92 Å². The molecular weight excluding hydrogens is 246 g/mol. The number of nitrogens with one attached hydrogen (secondary N) is 1. The molecule has 1 saturated heterocycles. The van der Waals surface area contributed by atoms with Gasteiger partial charge < -0.3 is 14.6 Å². The summed E-state index contributed by atoms with van der Waals surface area (Å²) in [5.74, 6) is 2.19. The van der Waals surface area contributed by atoms with Crippen LogP contribution in [0.25, 0.3) is 11.5 Å². The molecule has 7 nitrogen and oxygen atoms in total. The molecule has 0 aromatic carbocycles. The second-order valence-corrected chi connectivity index (χ2v) is 4.52. The Morgan fingerprint density at radius 1 is 1.47 bits per heavy atom. The Bertz CT molecular complexity index is 551. The summed E-state index contributed by atoms with van der Waals surface area (Å²) in [7, 11) is 1.56. The van der Waals surface area contributed by atoms with Crippen molar-refractivity contribution in [3.63, 3.8) is 0 Å². The summed E-state index contributed by atoms with van der Waals surface area (Å²) in [5.41, 5.74) is 0.603. The highest BCUT2D eigenvalue weighted by Crippen LogP contribution is 2.19. The quantitative estimate of drug-likeness (QED) is 0.866. The summed E-state index contributed by atoms with van der Waals surface area (Å²) in [4.78, 5) is 12.4. The molecule has 1 aliphatic heterocycles. The van der Waals surface area contributed by atoms with E-state index in [1.807, 2.05) is 0 Å². The fraction of sp³-hybridized carbons (Fsp3) is 0.500. The SMILES string of the molecule is COc1cc(-c2noc(CC3CCNC3)n2)ncn1. The molecule has 0 radical (unpaired) electrons. The molecular formula is C12H15N5O2. The lowest BCUT2D eigenvalue weighted by Crippen LogP contribution is -2.10. The second-order valence-electron chi connectivity index (χ2n) is 4.52. The number of ether oxygens (including phenoxy) is 1. The molecule has 19 heavy (non-hydrogen) atoms. The lowest BCUT2D eigenvalue weighted by atomic mass is 10.1. The zero-order valence-electron chi connectivity index (χ0n) is 10.7. The number of hydrogen-bond acceptors (Lipinski definition) is 7. The zero-order chi connectivity index (χ0) is 13.1. The fourth-order valence-corrected chi connectivity index (χ4v) is 2.15. The predicted molar refractivity (Wildman–Crippen MR) is 66.6 cm³/mol. The summed E-state index contributed by atoms with van der Waals surface area (Å²) in [6, 6.07) is 1.69. The van der Waals surface area contributed by atoms with Crippen LogP contribution < -0.4 is 10.1 Å². The molecule has 7 heteroatoms. The van der Waals surface area contributed by atoms with Crippen molar-refractivity contribution in [1.29, 1.82) is 0 Å². The summed E-state index contributed by atoms with van der Waals surface area (Å²) in [6.07, 6.45) is 3.38. The predicted octanol–water partition coefficient (Wildman–Crippen LogP) is 0.687. The molecule has 0 spiro atoms. The average molecular weight is 261 g/mol. The first-order valence-electron chi connectivity index (χ1n) is 6.25. The fourth-order valence-electron chi connectivity index (χ4n) is 2.15. The van der Waals surface area contributed by atoms with E-state index in [1.165, 1.54) is 6.33 Å². The number of aromatic nitrogens is 4. The van der Waals surface area contributed by atoms with Gasteiger partial charge in [-0.1, -0.05) is 5.16 Å². The van der Waals surface area contributed by atoms with Gasteiger partial charge in [0, 0.05) is 12.5 Å². The molecule has 0 aliphatic carbocycles. The Morgan fingerprint density at radius 3 is 3.21 bits per heavy atom. The summed E-state index contributed by atoms with van der Waals surface area (Å²) >= 11 is 0. The Labute approximate surface area is 110 Å². The highest BCUT2D eigenvalue weighted by Gasteiger charge is 2.19. The van der Waals surface area contributed by atoms with Gasteiger partial charge in [0.1, 0.15) is 12.0 Å². The van der Waals surface area contributed by atoms with E-state index in [9.17, 15) is 0 Å². The molecule has 0 saturated carbocycles. The van der Waals surface area contributed by atoms with E-state index in [1.54, 1.807) is 13.2 Å². The van der Waals surface area contributed by atoms with E-state index in [4.69, 9.17) is 9.26 Å². The smallest absolute Gasteiger partial charge is 0.227 e. The summed E-state index contributed by atoms with van der Waals surface area (Å²) in [5, 5.41) is 7.27. The van der Waals surface area contributed by atoms with E-state index >= 15 is 0 Å². The third kappa shape index (κ3) is 2.70. The maximum Gasteiger partial charge on any atom is 0.227 e. The Balaban J connectivity index is 1.76. The van der Waals surface area contributed by atoms with Gasteiger partial charge in [0.2, 0.25) is 17.6 Å². The third-order valence-corrected chi connectivity index (χ3v) is 3.17. The average Bonchev–Trinajstić information content (AvgIpc) is 3.11. The van der Waals surface area contributed by atoms with E-state index in [0.29, 0.717) is 29.2 Å². The first-order valence-corrected chi connectivity index (χ1v) is 6.25. The van der Waals surface area contributed by atoms with Crippen molar-refractivity contribution in [3.8, 4) is 17.4 Å². The molecule has 100 valence electrons. The Hall–Kier alpha value is -2.02. The monoisotopic (exact) mass is 261 g/mol. The number of rotatable bonds is 4. The number of nitrogens with zero attached hydrogens (tertiary/aromatic N) is 4. The maximum atomic E-state index is 5.26. The van der Waals surface area contributed by atoms with Crippen molar-refractivity contribution in [3.05, 3.63) is 18.3 Å². The molecule has 2 aromatic rings. The minimum Gasteiger partial charge on any atom is -0.481 e. The molecule has 1 unspecified atom stereocenters. The largest absolute Gasteiger partial charge is 0.481 e. The first-order chi connectivity index (χ1) is 9.35. The Kier molecular flexibility index (Phi) is 3.37. The van der Waals surface area contributed by atoms with Gasteiger partial charge >= 0.3 is 0 Å². The normalized spacial score (nSPS) is 18.7. The highest BCUT2D eigenvalue weighted by molar-refractivity contribution is 5.49. The topological polar surface area (TPSA) is 86.0 Å². The van der Waals surface area contributed by atoms with Crippen LogP contribution in [-0.2, 0) is 6.42 Å². The van der Waals surface area contributed by atoms with Crippen LogP contribution in [0.2, 0.25) is 0 Å². The molecule has 1 N–H and O–H groups in total. The van der Waals surface area contributed by atoms with Gasteiger partial charge in [0.05, 0.1) is 7.11 Å². The molecule has 3 heterocycles. The van der Waals surface area contributed by atoms with Crippen LogP contribution in [0, 0.1) is 5.92 Å². The van der Waals surface area contributed by atoms with Crippen molar-refractivity contribution < 1.29 is 9.26 Å². The van der Waals surface area contributed by atoms with E-state index in [2.05, 4.69) is 25.4 Å². The molecule has 1 fully saturated rings. The van der Waals surface area contributed by atoms with E-state index < -0.39 is 0 Å². The van der Waals surface area contributed by atoms with Gasteiger partial charge in [-0.15, -0.1) is 0 Å². The lowest BCUT2D eigenvalue weighted by molar-refractivity contribution is 0.358. The van der Waals surface area contributed by atoms with Gasteiger partial charge in [-0.25, -0.2) is 9.97 Å². The zero-order valence-corrected chi connectivity index (χ0v) is 10.7. The van der Waals surface area contributed by atoms with Crippen LogP contribution in [-0.4, -0.2) is 40.3 Å². The van der Waals surface area contributed by atoms with Crippen molar-refractivity contribution in [2.45, 2.75) is 12.8 Å². The number of hydrogen-bond donors (Lipinski definition) is 1. The van der Waals surface area contributed by atoms with E-state index in [-0.39, 0.29) is 0 Å². The van der Waals surface area contributed by atoms with Crippen LogP contribution in [0.4, 0.5) is 0 Å². The van der Waals surface area contributed by atoms with Gasteiger partial charge in [0.25, 0.3) is 0 Å².